The van der Waals surface area contributed by atoms with Gasteiger partial charge in [-0.25, -0.2) is 17.9 Å². The SMILES string of the molecule is COC(=O)c1cc(S(=O)(=O)N[C@H](C)c2ccc3c(c2)CCC3)ccc1C. The van der Waals surface area contributed by atoms with Crippen LogP contribution in [0.5, 0.6) is 0 Å². The maximum Gasteiger partial charge on any atom is 0.338 e. The van der Waals surface area contributed by atoms with Gasteiger partial charge in [0, 0.05) is 6.04 Å². The monoisotopic (exact) mass is 373 g/mol. The predicted molar refractivity (Wildman–Crippen MR) is 99.7 cm³/mol. The molecule has 1 N–H and O–H groups in total. The van der Waals surface area contributed by atoms with E-state index < -0.39 is 16.0 Å². The number of sulfonamides is 1. The van der Waals surface area contributed by atoms with E-state index in [4.69, 9.17) is 4.74 Å². The third kappa shape index (κ3) is 3.66. The molecule has 1 aliphatic rings. The molecule has 0 saturated heterocycles. The Morgan fingerprint density at radius 3 is 2.58 bits per heavy atom. The van der Waals surface area contributed by atoms with Crippen LogP contribution >= 0.6 is 0 Å². The minimum absolute atomic E-state index is 0.0523. The lowest BCUT2D eigenvalue weighted by Crippen LogP contribution is -2.27. The number of fused-ring (bicyclic) bond motifs is 1. The van der Waals surface area contributed by atoms with Gasteiger partial charge in [-0.2, -0.15) is 0 Å². The Kier molecular flexibility index (Phi) is 5.16. The van der Waals surface area contributed by atoms with Crippen LogP contribution in [0.2, 0.25) is 0 Å². The van der Waals surface area contributed by atoms with E-state index in [0.717, 1.165) is 24.8 Å². The number of benzene rings is 2. The molecule has 3 rings (SSSR count). The van der Waals surface area contributed by atoms with Crippen molar-refractivity contribution in [3.8, 4) is 0 Å². The summed E-state index contributed by atoms with van der Waals surface area (Å²) < 4.78 is 32.9. The highest BCUT2D eigenvalue weighted by Gasteiger charge is 2.22. The van der Waals surface area contributed by atoms with E-state index >= 15 is 0 Å². The van der Waals surface area contributed by atoms with Gasteiger partial charge in [-0.15, -0.1) is 0 Å². The minimum Gasteiger partial charge on any atom is -0.465 e. The molecular formula is C20H23NO4S. The molecule has 0 saturated carbocycles. The van der Waals surface area contributed by atoms with Crippen molar-refractivity contribution in [1.82, 2.24) is 4.72 Å². The number of carbonyl (C=O) groups is 1. The maximum atomic E-state index is 12.8. The maximum absolute atomic E-state index is 12.8. The molecule has 0 aliphatic heterocycles. The van der Waals surface area contributed by atoms with Crippen LogP contribution in [0.1, 0.15) is 52.0 Å². The van der Waals surface area contributed by atoms with Crippen molar-refractivity contribution >= 4 is 16.0 Å². The number of nitrogens with one attached hydrogen (secondary N) is 1. The van der Waals surface area contributed by atoms with Gasteiger partial charge in [-0.05, 0) is 67.5 Å². The molecule has 2 aromatic carbocycles. The lowest BCUT2D eigenvalue weighted by molar-refractivity contribution is 0.0599. The summed E-state index contributed by atoms with van der Waals surface area (Å²) in [6.45, 7) is 3.56. The molecule has 138 valence electrons. The topological polar surface area (TPSA) is 72.5 Å². The second-order valence-corrected chi connectivity index (χ2v) is 8.41. The molecule has 0 bridgehead atoms. The Morgan fingerprint density at radius 2 is 1.85 bits per heavy atom. The zero-order valence-corrected chi connectivity index (χ0v) is 16.0. The molecule has 0 radical (unpaired) electrons. The molecule has 0 spiro atoms. The molecule has 0 heterocycles. The Hall–Kier alpha value is -2.18. The summed E-state index contributed by atoms with van der Waals surface area (Å²) in [5.74, 6) is -0.550. The lowest BCUT2D eigenvalue weighted by Gasteiger charge is -2.16. The first-order chi connectivity index (χ1) is 12.3. The van der Waals surface area contributed by atoms with Crippen molar-refractivity contribution in [2.75, 3.05) is 7.11 Å². The van der Waals surface area contributed by atoms with Gasteiger partial charge >= 0.3 is 5.97 Å². The van der Waals surface area contributed by atoms with Crippen LogP contribution < -0.4 is 4.72 Å². The molecule has 5 nitrogen and oxygen atoms in total. The highest BCUT2D eigenvalue weighted by Crippen LogP contribution is 2.26. The van der Waals surface area contributed by atoms with E-state index in [1.165, 1.54) is 30.4 Å². The van der Waals surface area contributed by atoms with E-state index in [1.54, 1.807) is 13.0 Å². The van der Waals surface area contributed by atoms with Gasteiger partial charge in [0.2, 0.25) is 10.0 Å². The van der Waals surface area contributed by atoms with Crippen LogP contribution in [-0.2, 0) is 27.6 Å². The molecule has 6 heteroatoms. The molecule has 0 fully saturated rings. The van der Waals surface area contributed by atoms with Crippen molar-refractivity contribution < 1.29 is 17.9 Å². The van der Waals surface area contributed by atoms with Gasteiger partial charge < -0.3 is 4.74 Å². The number of hydrogen-bond donors (Lipinski definition) is 1. The summed E-state index contributed by atoms with van der Waals surface area (Å²) >= 11 is 0. The normalized spacial score (nSPS) is 14.7. The number of methoxy groups -OCH3 is 1. The smallest absolute Gasteiger partial charge is 0.338 e. The molecular weight excluding hydrogens is 350 g/mol. The Labute approximate surface area is 154 Å². The third-order valence-corrected chi connectivity index (χ3v) is 6.42. The van der Waals surface area contributed by atoms with E-state index in [2.05, 4.69) is 16.9 Å². The average molecular weight is 373 g/mol. The zero-order valence-electron chi connectivity index (χ0n) is 15.2. The van der Waals surface area contributed by atoms with Crippen LogP contribution in [0.4, 0.5) is 0 Å². The second kappa shape index (κ2) is 7.21. The Balaban J connectivity index is 1.85. The summed E-state index contributed by atoms with van der Waals surface area (Å²) in [6.07, 6.45) is 3.29. The number of rotatable bonds is 5. The number of aryl methyl sites for hydroxylation is 3. The predicted octanol–water partition coefficient (Wildman–Crippen LogP) is 3.31. The number of carbonyl (C=O) groups excluding carboxylic acids is 1. The molecule has 2 aromatic rings. The quantitative estimate of drug-likeness (QED) is 0.816. The number of hydrogen-bond acceptors (Lipinski definition) is 4. The summed E-state index contributed by atoms with van der Waals surface area (Å²) in [5, 5.41) is 0. The lowest BCUT2D eigenvalue weighted by atomic mass is 10.0. The average Bonchev–Trinajstić information content (AvgIpc) is 3.08. The van der Waals surface area contributed by atoms with E-state index in [1.807, 2.05) is 13.0 Å². The first-order valence-corrected chi connectivity index (χ1v) is 10.1. The first kappa shape index (κ1) is 18.6. The van der Waals surface area contributed by atoms with Gasteiger partial charge in [0.15, 0.2) is 0 Å². The van der Waals surface area contributed by atoms with E-state index in [0.29, 0.717) is 5.56 Å². The number of ether oxygens (including phenoxy) is 1. The van der Waals surface area contributed by atoms with E-state index in [-0.39, 0.29) is 16.5 Å². The van der Waals surface area contributed by atoms with Crippen LogP contribution in [0.3, 0.4) is 0 Å². The van der Waals surface area contributed by atoms with Crippen LogP contribution in [-0.4, -0.2) is 21.5 Å². The largest absolute Gasteiger partial charge is 0.465 e. The van der Waals surface area contributed by atoms with Crippen molar-refractivity contribution in [3.63, 3.8) is 0 Å². The highest BCUT2D eigenvalue weighted by atomic mass is 32.2. The fraction of sp³-hybridized carbons (Fsp3) is 0.350. The Morgan fingerprint density at radius 1 is 1.12 bits per heavy atom. The molecule has 1 atom stereocenters. The molecule has 26 heavy (non-hydrogen) atoms. The minimum atomic E-state index is -3.76. The third-order valence-electron chi connectivity index (χ3n) is 4.88. The first-order valence-electron chi connectivity index (χ1n) is 8.65. The van der Waals surface area contributed by atoms with Crippen LogP contribution in [0.25, 0.3) is 0 Å². The van der Waals surface area contributed by atoms with Gasteiger partial charge in [0.1, 0.15) is 0 Å². The fourth-order valence-electron chi connectivity index (χ4n) is 3.33. The zero-order chi connectivity index (χ0) is 18.9. The summed E-state index contributed by atoms with van der Waals surface area (Å²) in [6, 6.07) is 10.3. The fourth-order valence-corrected chi connectivity index (χ4v) is 4.59. The number of esters is 1. The molecule has 0 amide bonds. The Bertz CT molecular complexity index is 950. The van der Waals surface area contributed by atoms with Gasteiger partial charge in [0.05, 0.1) is 17.6 Å². The standard InChI is InChI=1S/C20H23NO4S/c1-13-7-10-18(12-19(13)20(22)25-3)26(23,24)21-14(2)16-9-8-15-5-4-6-17(15)11-16/h7-12,14,21H,4-6H2,1-3H3/t14-/m1/s1. The van der Waals surface area contributed by atoms with Crippen LogP contribution in [0.15, 0.2) is 41.3 Å². The molecule has 0 aromatic heterocycles. The van der Waals surface area contributed by atoms with Gasteiger partial charge in [-0.1, -0.05) is 24.3 Å². The van der Waals surface area contributed by atoms with Crippen molar-refractivity contribution in [1.29, 1.82) is 0 Å². The van der Waals surface area contributed by atoms with Crippen molar-refractivity contribution in [3.05, 3.63) is 64.2 Å². The second-order valence-electron chi connectivity index (χ2n) is 6.69. The van der Waals surface area contributed by atoms with Crippen LogP contribution in [0, 0.1) is 6.92 Å². The van der Waals surface area contributed by atoms with Crippen molar-refractivity contribution in [2.24, 2.45) is 0 Å². The summed E-state index contributed by atoms with van der Waals surface area (Å²) in [5.41, 5.74) is 4.51. The highest BCUT2D eigenvalue weighted by molar-refractivity contribution is 7.89. The summed E-state index contributed by atoms with van der Waals surface area (Å²) in [4.78, 5) is 11.9. The van der Waals surface area contributed by atoms with Gasteiger partial charge in [-0.3, -0.25) is 0 Å². The molecule has 1 aliphatic carbocycles. The molecule has 0 unspecified atom stereocenters. The van der Waals surface area contributed by atoms with Crippen molar-refractivity contribution in [2.45, 2.75) is 44.0 Å². The summed E-state index contributed by atoms with van der Waals surface area (Å²) in [7, 11) is -2.49. The van der Waals surface area contributed by atoms with E-state index in [9.17, 15) is 13.2 Å². The van der Waals surface area contributed by atoms with Gasteiger partial charge in [0.25, 0.3) is 0 Å².